The van der Waals surface area contributed by atoms with Gasteiger partial charge >= 0.3 is 0 Å². The summed E-state index contributed by atoms with van der Waals surface area (Å²) in [6.45, 7) is 21.1. The highest BCUT2D eigenvalue weighted by molar-refractivity contribution is 4.91. The van der Waals surface area contributed by atoms with E-state index in [4.69, 9.17) is 0 Å². The van der Waals surface area contributed by atoms with Crippen LogP contribution in [0.3, 0.4) is 0 Å². The van der Waals surface area contributed by atoms with Crippen LogP contribution in [0.25, 0.3) is 0 Å². The second-order valence-corrected chi connectivity index (χ2v) is 9.29. The normalized spacial score (nSPS) is 26.6. The molecule has 0 amide bonds. The van der Waals surface area contributed by atoms with Crippen molar-refractivity contribution in [1.29, 1.82) is 0 Å². The molecule has 3 aliphatic heterocycles. The van der Waals surface area contributed by atoms with Crippen molar-refractivity contribution in [1.82, 2.24) is 19.6 Å². The third kappa shape index (κ3) is 5.41. The molecule has 0 spiro atoms. The van der Waals surface area contributed by atoms with Crippen molar-refractivity contribution in [3.63, 3.8) is 0 Å². The largest absolute Gasteiger partial charge is 0.301 e. The first-order valence-corrected chi connectivity index (χ1v) is 11.0. The van der Waals surface area contributed by atoms with Crippen molar-refractivity contribution in [2.75, 3.05) is 58.9 Å². The maximum absolute atomic E-state index is 2.78. The van der Waals surface area contributed by atoms with Gasteiger partial charge in [-0.1, -0.05) is 0 Å². The van der Waals surface area contributed by atoms with Crippen molar-refractivity contribution in [2.45, 2.75) is 71.5 Å². The van der Waals surface area contributed by atoms with E-state index in [2.05, 4.69) is 47.3 Å². The Hall–Kier alpha value is -0.160. The molecule has 3 rings (SSSR count). The summed E-state index contributed by atoms with van der Waals surface area (Å²) in [5, 5.41) is 0. The van der Waals surface area contributed by atoms with Gasteiger partial charge in [-0.05, 0) is 78.9 Å². The van der Waals surface area contributed by atoms with Crippen LogP contribution in [-0.2, 0) is 0 Å². The minimum Gasteiger partial charge on any atom is -0.301 e. The molecule has 0 unspecified atom stereocenters. The first-order chi connectivity index (χ1) is 12.0. The van der Waals surface area contributed by atoms with Crippen LogP contribution in [0.1, 0.15) is 53.4 Å². The Morgan fingerprint density at radius 1 is 0.760 bits per heavy atom. The summed E-state index contributed by atoms with van der Waals surface area (Å²) in [4.78, 5) is 10.7. The van der Waals surface area contributed by atoms with Gasteiger partial charge in [-0.25, -0.2) is 0 Å². The summed E-state index contributed by atoms with van der Waals surface area (Å²) >= 11 is 0. The average Bonchev–Trinajstić information content (AvgIpc) is 2.55. The van der Waals surface area contributed by atoms with Crippen LogP contribution in [0, 0.1) is 5.92 Å². The van der Waals surface area contributed by atoms with Crippen molar-refractivity contribution in [2.24, 2.45) is 5.92 Å². The quantitative estimate of drug-likeness (QED) is 0.700. The molecular weight excluding hydrogens is 308 g/mol. The van der Waals surface area contributed by atoms with Gasteiger partial charge in [-0.3, -0.25) is 14.7 Å². The molecule has 0 aliphatic carbocycles. The van der Waals surface area contributed by atoms with Crippen LogP contribution in [0.4, 0.5) is 0 Å². The Bertz CT molecular complexity index is 375. The van der Waals surface area contributed by atoms with Gasteiger partial charge in [-0.15, -0.1) is 0 Å². The summed E-state index contributed by atoms with van der Waals surface area (Å²) in [7, 11) is 0. The fourth-order valence-electron chi connectivity index (χ4n) is 4.85. The number of rotatable bonds is 7. The van der Waals surface area contributed by atoms with Crippen LogP contribution < -0.4 is 0 Å². The van der Waals surface area contributed by atoms with E-state index >= 15 is 0 Å². The Labute approximate surface area is 156 Å². The van der Waals surface area contributed by atoms with Crippen molar-refractivity contribution >= 4 is 0 Å². The minimum absolute atomic E-state index is 0.718. The Morgan fingerprint density at radius 3 is 1.92 bits per heavy atom. The van der Waals surface area contributed by atoms with Crippen LogP contribution in [0.15, 0.2) is 0 Å². The zero-order valence-corrected chi connectivity index (χ0v) is 17.3. The zero-order valence-electron chi connectivity index (χ0n) is 17.3. The van der Waals surface area contributed by atoms with Gasteiger partial charge in [0.15, 0.2) is 0 Å². The van der Waals surface area contributed by atoms with E-state index in [1.165, 1.54) is 84.6 Å². The van der Waals surface area contributed by atoms with Gasteiger partial charge in [-0.2, -0.15) is 0 Å². The smallest absolute Gasteiger partial charge is 0.0350 e. The lowest BCUT2D eigenvalue weighted by molar-refractivity contribution is -0.00293. The number of piperazine rings is 1. The predicted molar refractivity (Wildman–Crippen MR) is 107 cm³/mol. The maximum atomic E-state index is 2.78. The molecule has 3 heterocycles. The lowest BCUT2D eigenvalue weighted by Crippen LogP contribution is -2.62. The lowest BCUT2D eigenvalue weighted by atomic mass is 9.90. The molecule has 0 radical (unpaired) electrons. The van der Waals surface area contributed by atoms with Crippen molar-refractivity contribution in [3.8, 4) is 0 Å². The molecule has 0 N–H and O–H groups in total. The van der Waals surface area contributed by atoms with E-state index in [0.29, 0.717) is 0 Å². The summed E-state index contributed by atoms with van der Waals surface area (Å²) < 4.78 is 0. The highest BCUT2D eigenvalue weighted by Crippen LogP contribution is 2.26. The maximum Gasteiger partial charge on any atom is 0.0350 e. The molecule has 25 heavy (non-hydrogen) atoms. The summed E-state index contributed by atoms with van der Waals surface area (Å²) in [5.74, 6) is 0.995. The monoisotopic (exact) mass is 350 g/mol. The number of piperidine rings is 1. The van der Waals surface area contributed by atoms with Gasteiger partial charge in [0.1, 0.15) is 0 Å². The van der Waals surface area contributed by atoms with E-state index in [1.807, 2.05) is 0 Å². The van der Waals surface area contributed by atoms with Gasteiger partial charge < -0.3 is 4.90 Å². The molecule has 3 fully saturated rings. The molecule has 0 atom stereocenters. The molecule has 0 saturated carbocycles. The number of nitrogens with zero attached hydrogens (tertiary/aromatic N) is 4. The molecular formula is C21H42N4. The molecule has 3 aliphatic rings. The molecule has 0 aromatic heterocycles. The first kappa shape index (κ1) is 19.6. The number of hydrogen-bond acceptors (Lipinski definition) is 4. The molecule has 4 nitrogen and oxygen atoms in total. The van der Waals surface area contributed by atoms with E-state index in [-0.39, 0.29) is 0 Å². The Morgan fingerprint density at radius 2 is 1.36 bits per heavy atom. The number of likely N-dealkylation sites (tertiary alicyclic amines) is 2. The first-order valence-electron chi connectivity index (χ1n) is 11.0. The fraction of sp³-hybridized carbons (Fsp3) is 1.00. The van der Waals surface area contributed by atoms with E-state index < -0.39 is 0 Å². The zero-order chi connectivity index (χ0) is 17.8. The van der Waals surface area contributed by atoms with Crippen LogP contribution in [0.2, 0.25) is 0 Å². The molecule has 4 heteroatoms. The number of hydrogen-bond donors (Lipinski definition) is 0. The highest BCUT2D eigenvalue weighted by atomic mass is 15.3. The average molecular weight is 351 g/mol. The second kappa shape index (κ2) is 9.16. The van der Waals surface area contributed by atoms with Gasteiger partial charge in [0.2, 0.25) is 0 Å². The highest BCUT2D eigenvalue weighted by Gasteiger charge is 2.34. The fourth-order valence-corrected chi connectivity index (χ4v) is 4.85. The SMILES string of the molecule is CC(C)N1CCN(CCCC2CCN(C3CN(C(C)C)C3)CC2)CC1. The van der Waals surface area contributed by atoms with E-state index in [9.17, 15) is 0 Å². The molecule has 146 valence electrons. The topological polar surface area (TPSA) is 13.0 Å². The van der Waals surface area contributed by atoms with Gasteiger partial charge in [0, 0.05) is 57.4 Å². The second-order valence-electron chi connectivity index (χ2n) is 9.29. The predicted octanol–water partition coefficient (Wildman–Crippen LogP) is 2.60. The lowest BCUT2D eigenvalue weighted by Gasteiger charge is -2.49. The van der Waals surface area contributed by atoms with Crippen LogP contribution in [-0.4, -0.2) is 96.6 Å². The third-order valence-corrected chi connectivity index (χ3v) is 7.01. The van der Waals surface area contributed by atoms with Gasteiger partial charge in [0.05, 0.1) is 0 Å². The minimum atomic E-state index is 0.718. The summed E-state index contributed by atoms with van der Waals surface area (Å²) in [5.41, 5.74) is 0. The van der Waals surface area contributed by atoms with E-state index in [1.54, 1.807) is 0 Å². The molecule has 0 aromatic carbocycles. The van der Waals surface area contributed by atoms with Crippen molar-refractivity contribution < 1.29 is 0 Å². The Balaban J connectivity index is 1.24. The summed E-state index contributed by atoms with van der Waals surface area (Å²) in [6.07, 6.45) is 5.76. The molecule has 0 aromatic rings. The van der Waals surface area contributed by atoms with Crippen LogP contribution in [0.5, 0.6) is 0 Å². The Kier molecular flexibility index (Phi) is 7.18. The van der Waals surface area contributed by atoms with Crippen LogP contribution >= 0.6 is 0 Å². The molecule has 0 bridgehead atoms. The van der Waals surface area contributed by atoms with Gasteiger partial charge in [0.25, 0.3) is 0 Å². The molecule has 3 saturated heterocycles. The van der Waals surface area contributed by atoms with E-state index in [0.717, 1.165) is 24.0 Å². The summed E-state index contributed by atoms with van der Waals surface area (Å²) in [6, 6.07) is 2.31. The standard InChI is InChI=1S/C21H42N4/c1-18(2)23-14-12-22(13-15-23)9-5-6-20-7-10-24(11-8-20)21-16-25(17-21)19(3)4/h18-21H,5-17H2,1-4H3. The van der Waals surface area contributed by atoms with Crippen molar-refractivity contribution in [3.05, 3.63) is 0 Å². The third-order valence-electron chi connectivity index (χ3n) is 7.01.